The highest BCUT2D eigenvalue weighted by atomic mass is 35.5. The Kier molecular flexibility index (Phi) is 5.48. The molecule has 0 saturated heterocycles. The summed E-state index contributed by atoms with van der Waals surface area (Å²) in [5.74, 6) is 0.857. The predicted molar refractivity (Wildman–Crippen MR) is 90.5 cm³/mol. The van der Waals surface area contributed by atoms with Gasteiger partial charge in [-0.1, -0.05) is 23.7 Å². The van der Waals surface area contributed by atoms with Crippen molar-refractivity contribution in [2.75, 3.05) is 39.6 Å². The van der Waals surface area contributed by atoms with Gasteiger partial charge >= 0.3 is 0 Å². The van der Waals surface area contributed by atoms with E-state index in [0.29, 0.717) is 0 Å². The molecule has 0 aliphatic heterocycles. The Balaban J connectivity index is 2.23. The fraction of sp³-hybridized carbons (Fsp3) is 0.294. The van der Waals surface area contributed by atoms with Gasteiger partial charge in [0.05, 0.1) is 7.11 Å². The average Bonchev–Trinajstić information content (AvgIpc) is 2.47. The van der Waals surface area contributed by atoms with Crippen LogP contribution in [0.4, 0.5) is 5.69 Å². The molecule has 2 aromatic rings. The van der Waals surface area contributed by atoms with Gasteiger partial charge in [-0.15, -0.1) is 0 Å². The van der Waals surface area contributed by atoms with Gasteiger partial charge in [0, 0.05) is 29.4 Å². The van der Waals surface area contributed by atoms with Gasteiger partial charge in [-0.25, -0.2) is 0 Å². The summed E-state index contributed by atoms with van der Waals surface area (Å²) < 4.78 is 5.46. The van der Waals surface area contributed by atoms with Crippen molar-refractivity contribution in [2.45, 2.75) is 0 Å². The van der Waals surface area contributed by atoms with Gasteiger partial charge in [-0.3, -0.25) is 0 Å². The van der Waals surface area contributed by atoms with Crippen LogP contribution < -0.4 is 10.1 Å². The molecule has 0 heterocycles. The van der Waals surface area contributed by atoms with Crippen molar-refractivity contribution in [1.82, 2.24) is 4.90 Å². The van der Waals surface area contributed by atoms with Crippen LogP contribution >= 0.6 is 11.6 Å². The van der Waals surface area contributed by atoms with Crippen molar-refractivity contribution < 1.29 is 4.74 Å². The van der Waals surface area contributed by atoms with E-state index in [1.165, 1.54) is 0 Å². The van der Waals surface area contributed by atoms with E-state index >= 15 is 0 Å². The molecule has 0 atom stereocenters. The number of ether oxygens (including phenoxy) is 1. The number of hydrogen-bond donors (Lipinski definition) is 1. The van der Waals surface area contributed by atoms with E-state index in [9.17, 15) is 0 Å². The van der Waals surface area contributed by atoms with Gasteiger partial charge < -0.3 is 15.0 Å². The molecular formula is C17H21ClN2O. The monoisotopic (exact) mass is 304 g/mol. The number of halogens is 1. The fourth-order valence-corrected chi connectivity index (χ4v) is 2.22. The number of nitrogens with zero attached hydrogens (tertiary/aromatic N) is 1. The molecule has 0 aliphatic carbocycles. The van der Waals surface area contributed by atoms with Crippen LogP contribution in [-0.2, 0) is 0 Å². The molecule has 0 aromatic heterocycles. The third-order valence-corrected chi connectivity index (χ3v) is 3.49. The van der Waals surface area contributed by atoms with Gasteiger partial charge in [-0.2, -0.15) is 0 Å². The Morgan fingerprint density at radius 1 is 1.10 bits per heavy atom. The van der Waals surface area contributed by atoms with E-state index in [1.807, 2.05) is 36.4 Å². The molecule has 21 heavy (non-hydrogen) atoms. The molecule has 2 rings (SSSR count). The highest BCUT2D eigenvalue weighted by Crippen LogP contribution is 2.33. The quantitative estimate of drug-likeness (QED) is 0.873. The molecule has 0 saturated carbocycles. The molecule has 0 fully saturated rings. The van der Waals surface area contributed by atoms with Crippen LogP contribution in [0.2, 0.25) is 5.02 Å². The molecule has 0 amide bonds. The van der Waals surface area contributed by atoms with Crippen LogP contribution in [0, 0.1) is 0 Å². The van der Waals surface area contributed by atoms with E-state index in [4.69, 9.17) is 16.3 Å². The lowest BCUT2D eigenvalue weighted by Crippen LogP contribution is -2.20. The molecule has 4 heteroatoms. The van der Waals surface area contributed by atoms with Gasteiger partial charge in [0.2, 0.25) is 0 Å². The first kappa shape index (κ1) is 15.7. The Bertz CT molecular complexity index is 582. The average molecular weight is 305 g/mol. The van der Waals surface area contributed by atoms with E-state index < -0.39 is 0 Å². The van der Waals surface area contributed by atoms with Crippen LogP contribution in [0.1, 0.15) is 0 Å². The van der Waals surface area contributed by atoms with Gasteiger partial charge in [0.15, 0.2) is 0 Å². The van der Waals surface area contributed by atoms with Crippen LogP contribution in [0.3, 0.4) is 0 Å². The molecule has 0 bridgehead atoms. The topological polar surface area (TPSA) is 24.5 Å². The van der Waals surface area contributed by atoms with Crippen molar-refractivity contribution in [3.8, 4) is 16.9 Å². The van der Waals surface area contributed by atoms with Crippen LogP contribution in [-0.4, -0.2) is 39.2 Å². The molecule has 0 unspecified atom stereocenters. The number of benzene rings is 2. The predicted octanol–water partition coefficient (Wildman–Crippen LogP) is 3.99. The zero-order chi connectivity index (χ0) is 15.2. The Morgan fingerprint density at radius 3 is 2.43 bits per heavy atom. The molecule has 0 radical (unpaired) electrons. The first-order chi connectivity index (χ1) is 10.1. The minimum absolute atomic E-state index is 0.734. The van der Waals surface area contributed by atoms with Crippen molar-refractivity contribution in [2.24, 2.45) is 0 Å². The summed E-state index contributed by atoms with van der Waals surface area (Å²) in [4.78, 5) is 2.15. The van der Waals surface area contributed by atoms with Crippen molar-refractivity contribution in [3.63, 3.8) is 0 Å². The number of hydrogen-bond acceptors (Lipinski definition) is 3. The maximum atomic E-state index is 5.95. The van der Waals surface area contributed by atoms with Gasteiger partial charge in [-0.05, 0) is 50.0 Å². The molecule has 112 valence electrons. The molecule has 2 aromatic carbocycles. The Labute approximate surface area is 131 Å². The highest BCUT2D eigenvalue weighted by Gasteiger charge is 2.07. The van der Waals surface area contributed by atoms with E-state index in [-0.39, 0.29) is 0 Å². The smallest absolute Gasteiger partial charge is 0.126 e. The summed E-state index contributed by atoms with van der Waals surface area (Å²) in [6, 6.07) is 13.9. The molecule has 0 spiro atoms. The van der Waals surface area contributed by atoms with Gasteiger partial charge in [0.25, 0.3) is 0 Å². The van der Waals surface area contributed by atoms with Gasteiger partial charge in [0.1, 0.15) is 5.75 Å². The Morgan fingerprint density at radius 2 is 1.81 bits per heavy atom. The van der Waals surface area contributed by atoms with E-state index in [1.54, 1.807) is 7.11 Å². The van der Waals surface area contributed by atoms with Crippen LogP contribution in [0.15, 0.2) is 42.5 Å². The third-order valence-electron chi connectivity index (χ3n) is 3.24. The van der Waals surface area contributed by atoms with Crippen molar-refractivity contribution in [3.05, 3.63) is 47.5 Å². The number of rotatable bonds is 6. The highest BCUT2D eigenvalue weighted by molar-refractivity contribution is 6.30. The number of methoxy groups -OCH3 is 1. The summed E-state index contributed by atoms with van der Waals surface area (Å²) in [5.41, 5.74) is 3.24. The van der Waals surface area contributed by atoms with Crippen LogP contribution in [0.25, 0.3) is 11.1 Å². The summed E-state index contributed by atoms with van der Waals surface area (Å²) in [7, 11) is 5.82. The fourth-order valence-electron chi connectivity index (χ4n) is 2.10. The second-order valence-corrected chi connectivity index (χ2v) is 5.59. The third kappa shape index (κ3) is 4.38. The lowest BCUT2D eigenvalue weighted by atomic mass is 10.0. The second kappa shape index (κ2) is 7.34. The maximum Gasteiger partial charge on any atom is 0.126 e. The summed E-state index contributed by atoms with van der Waals surface area (Å²) in [5, 5.41) is 4.16. The van der Waals surface area contributed by atoms with Crippen LogP contribution in [0.5, 0.6) is 5.75 Å². The SMILES string of the molecule is COc1ccc(NCCN(C)C)cc1-c1ccc(Cl)cc1. The first-order valence-electron chi connectivity index (χ1n) is 6.92. The molecule has 3 nitrogen and oxygen atoms in total. The molecule has 1 N–H and O–H groups in total. The lowest BCUT2D eigenvalue weighted by Gasteiger charge is -2.14. The normalized spacial score (nSPS) is 10.7. The zero-order valence-corrected chi connectivity index (χ0v) is 13.4. The standard InChI is InChI=1S/C17H21ClN2O/c1-20(2)11-10-19-15-8-9-17(21-3)16(12-15)13-4-6-14(18)7-5-13/h4-9,12,19H,10-11H2,1-3H3. The lowest BCUT2D eigenvalue weighted by molar-refractivity contribution is 0.416. The maximum absolute atomic E-state index is 5.95. The number of nitrogens with one attached hydrogen (secondary N) is 1. The largest absolute Gasteiger partial charge is 0.496 e. The second-order valence-electron chi connectivity index (χ2n) is 5.15. The molecule has 0 aliphatic rings. The Hall–Kier alpha value is -1.71. The summed E-state index contributed by atoms with van der Waals surface area (Å²) >= 11 is 5.95. The minimum atomic E-state index is 0.734. The summed E-state index contributed by atoms with van der Waals surface area (Å²) in [6.07, 6.45) is 0. The first-order valence-corrected chi connectivity index (χ1v) is 7.30. The van der Waals surface area contributed by atoms with E-state index in [0.717, 1.165) is 40.7 Å². The minimum Gasteiger partial charge on any atom is -0.496 e. The number of anilines is 1. The summed E-state index contributed by atoms with van der Waals surface area (Å²) in [6.45, 7) is 1.89. The van der Waals surface area contributed by atoms with Crippen molar-refractivity contribution >= 4 is 17.3 Å². The zero-order valence-electron chi connectivity index (χ0n) is 12.7. The van der Waals surface area contributed by atoms with E-state index in [2.05, 4.69) is 30.4 Å². The number of likely N-dealkylation sites (N-methyl/N-ethyl adjacent to an activating group) is 1. The molecular weight excluding hydrogens is 284 g/mol. The van der Waals surface area contributed by atoms with Crippen molar-refractivity contribution in [1.29, 1.82) is 0 Å².